The van der Waals surface area contributed by atoms with Crippen molar-refractivity contribution < 1.29 is 31.1 Å². The van der Waals surface area contributed by atoms with E-state index in [-0.39, 0.29) is 12.6 Å². The van der Waals surface area contributed by atoms with E-state index in [1.165, 1.54) is 11.3 Å². The van der Waals surface area contributed by atoms with Crippen LogP contribution in [-0.4, -0.2) is 10.9 Å². The van der Waals surface area contributed by atoms with Crippen molar-refractivity contribution in [3.63, 3.8) is 0 Å². The molecule has 0 atom stereocenters. The molecule has 1 N–H and O–H groups in total. The number of rotatable bonds is 5. The Morgan fingerprint density at radius 1 is 0.933 bits per heavy atom. The highest BCUT2D eigenvalue weighted by Gasteiger charge is 2.37. The van der Waals surface area contributed by atoms with Crippen molar-refractivity contribution in [1.82, 2.24) is 10.3 Å². The number of halogens is 6. The molecule has 0 saturated heterocycles. The first-order valence-electron chi connectivity index (χ1n) is 8.57. The van der Waals surface area contributed by atoms with Crippen molar-refractivity contribution in [2.24, 2.45) is 0 Å². The van der Waals surface area contributed by atoms with Gasteiger partial charge in [-0.05, 0) is 23.8 Å². The lowest BCUT2D eigenvalue weighted by Gasteiger charge is -2.14. The second kappa shape index (κ2) is 8.47. The highest BCUT2D eigenvalue weighted by molar-refractivity contribution is 7.09. The van der Waals surface area contributed by atoms with Crippen LogP contribution in [0.25, 0.3) is 0 Å². The zero-order valence-electron chi connectivity index (χ0n) is 15.1. The van der Waals surface area contributed by atoms with E-state index in [1.54, 1.807) is 5.38 Å². The number of carbonyl (C=O) groups excluding carboxylic acids is 1. The molecule has 1 amide bonds. The van der Waals surface area contributed by atoms with Gasteiger partial charge in [-0.2, -0.15) is 26.3 Å². The minimum absolute atomic E-state index is 0.0208. The second-order valence-corrected chi connectivity index (χ2v) is 7.31. The first-order chi connectivity index (χ1) is 14.0. The Hall–Kier alpha value is -2.88. The molecular formula is C20H14F6N2OS. The summed E-state index contributed by atoms with van der Waals surface area (Å²) < 4.78 is 77.5. The normalized spacial score (nSPS) is 12.1. The summed E-state index contributed by atoms with van der Waals surface area (Å²) in [6.45, 7) is -0.123. The van der Waals surface area contributed by atoms with Crippen LogP contribution in [0, 0.1) is 0 Å². The monoisotopic (exact) mass is 444 g/mol. The van der Waals surface area contributed by atoms with Gasteiger partial charge in [0.15, 0.2) is 0 Å². The predicted molar refractivity (Wildman–Crippen MR) is 99.0 cm³/mol. The molecule has 1 heterocycles. The molecule has 3 nitrogen and oxygen atoms in total. The van der Waals surface area contributed by atoms with Crippen LogP contribution >= 0.6 is 11.3 Å². The molecule has 0 unspecified atom stereocenters. The number of thiazole rings is 1. The van der Waals surface area contributed by atoms with Gasteiger partial charge >= 0.3 is 12.4 Å². The van der Waals surface area contributed by atoms with E-state index in [0.29, 0.717) is 24.2 Å². The van der Waals surface area contributed by atoms with Gasteiger partial charge in [0, 0.05) is 17.4 Å². The van der Waals surface area contributed by atoms with Gasteiger partial charge in [-0.3, -0.25) is 4.79 Å². The van der Waals surface area contributed by atoms with E-state index in [4.69, 9.17) is 0 Å². The van der Waals surface area contributed by atoms with Gasteiger partial charge in [0.05, 0.1) is 28.4 Å². The first kappa shape index (κ1) is 21.8. The summed E-state index contributed by atoms with van der Waals surface area (Å²) >= 11 is 1.34. The smallest absolute Gasteiger partial charge is 0.346 e. The number of aromatic nitrogens is 1. The fourth-order valence-electron chi connectivity index (χ4n) is 2.64. The summed E-state index contributed by atoms with van der Waals surface area (Å²) in [7, 11) is 0. The fraction of sp³-hybridized carbons (Fsp3) is 0.200. The molecule has 0 saturated carbocycles. The summed E-state index contributed by atoms with van der Waals surface area (Å²) in [6, 6.07) is 10.3. The Kier molecular flexibility index (Phi) is 6.16. The van der Waals surface area contributed by atoms with Crippen LogP contribution in [0.1, 0.15) is 37.7 Å². The van der Waals surface area contributed by atoms with Crippen molar-refractivity contribution >= 4 is 17.2 Å². The summed E-state index contributed by atoms with van der Waals surface area (Å²) in [5.41, 5.74) is -2.31. The van der Waals surface area contributed by atoms with Crippen LogP contribution in [0.5, 0.6) is 0 Å². The van der Waals surface area contributed by atoms with Gasteiger partial charge in [-0.25, -0.2) is 4.98 Å². The maximum Gasteiger partial charge on any atom is 0.416 e. The van der Waals surface area contributed by atoms with E-state index in [9.17, 15) is 31.1 Å². The van der Waals surface area contributed by atoms with Crippen molar-refractivity contribution in [3.8, 4) is 0 Å². The number of benzene rings is 2. The molecule has 10 heteroatoms. The molecule has 30 heavy (non-hydrogen) atoms. The Morgan fingerprint density at radius 3 is 2.10 bits per heavy atom. The number of nitrogens with zero attached hydrogens (tertiary/aromatic N) is 1. The predicted octanol–water partition coefficient (Wildman–Crippen LogP) is 5.70. The zero-order valence-corrected chi connectivity index (χ0v) is 16.0. The third-order valence-electron chi connectivity index (χ3n) is 4.08. The number of nitrogens with one attached hydrogen (secondary N) is 1. The second-order valence-electron chi connectivity index (χ2n) is 6.37. The maximum absolute atomic E-state index is 12.9. The van der Waals surface area contributed by atoms with E-state index in [2.05, 4.69) is 10.3 Å². The lowest BCUT2D eigenvalue weighted by molar-refractivity contribution is -0.143. The number of carbonyl (C=O) groups is 1. The number of hydrogen-bond acceptors (Lipinski definition) is 3. The highest BCUT2D eigenvalue weighted by atomic mass is 32.1. The Bertz CT molecular complexity index is 996. The highest BCUT2D eigenvalue weighted by Crippen LogP contribution is 2.36. The molecule has 0 spiro atoms. The quantitative estimate of drug-likeness (QED) is 0.513. The van der Waals surface area contributed by atoms with Gasteiger partial charge in [0.2, 0.25) is 0 Å². The molecule has 0 bridgehead atoms. The van der Waals surface area contributed by atoms with Gasteiger partial charge in [-0.15, -0.1) is 11.3 Å². The molecule has 0 aliphatic heterocycles. The number of amides is 1. The third-order valence-corrected chi connectivity index (χ3v) is 4.98. The van der Waals surface area contributed by atoms with Crippen molar-refractivity contribution in [3.05, 3.63) is 86.9 Å². The van der Waals surface area contributed by atoms with Gasteiger partial charge < -0.3 is 5.32 Å². The standard InChI is InChI=1S/C20H14F6N2OS/c21-19(22,23)14-7-13(8-15(9-14)20(24,25)26)18(29)27-10-16-11-30-17(28-16)6-12-4-2-1-3-5-12/h1-5,7-9,11H,6,10H2,(H,27,29). The topological polar surface area (TPSA) is 42.0 Å². The van der Waals surface area contributed by atoms with Crippen molar-refractivity contribution in [2.75, 3.05) is 0 Å². The van der Waals surface area contributed by atoms with Crippen LogP contribution in [0.3, 0.4) is 0 Å². The molecule has 2 aromatic carbocycles. The summed E-state index contributed by atoms with van der Waals surface area (Å²) in [5, 5.41) is 4.76. The SMILES string of the molecule is O=C(NCc1csc(Cc2ccccc2)n1)c1cc(C(F)(F)F)cc(C(F)(F)F)c1. The zero-order chi connectivity index (χ0) is 21.9. The van der Waals surface area contributed by atoms with Gasteiger partial charge in [0.25, 0.3) is 5.91 Å². The molecule has 1 aromatic heterocycles. The van der Waals surface area contributed by atoms with Crippen LogP contribution in [0.2, 0.25) is 0 Å². The largest absolute Gasteiger partial charge is 0.416 e. The van der Waals surface area contributed by atoms with Gasteiger partial charge in [0.1, 0.15) is 0 Å². The van der Waals surface area contributed by atoms with E-state index < -0.39 is 35.0 Å². The molecule has 0 aliphatic carbocycles. The molecular weight excluding hydrogens is 430 g/mol. The summed E-state index contributed by atoms with van der Waals surface area (Å²) in [5.74, 6) is -1.05. The Labute approximate surface area is 171 Å². The lowest BCUT2D eigenvalue weighted by atomic mass is 10.0. The molecule has 3 aromatic rings. The minimum Gasteiger partial charge on any atom is -0.346 e. The summed E-state index contributed by atoms with van der Waals surface area (Å²) in [6.07, 6.45) is -9.46. The van der Waals surface area contributed by atoms with Crippen LogP contribution in [0.15, 0.2) is 53.9 Å². The molecule has 158 valence electrons. The molecule has 0 radical (unpaired) electrons. The van der Waals surface area contributed by atoms with Crippen LogP contribution < -0.4 is 5.32 Å². The van der Waals surface area contributed by atoms with Crippen LogP contribution in [0.4, 0.5) is 26.3 Å². The Morgan fingerprint density at radius 2 is 1.53 bits per heavy atom. The van der Waals surface area contributed by atoms with Crippen molar-refractivity contribution in [1.29, 1.82) is 0 Å². The first-order valence-corrected chi connectivity index (χ1v) is 9.45. The van der Waals surface area contributed by atoms with Crippen molar-refractivity contribution in [2.45, 2.75) is 25.3 Å². The average molecular weight is 444 g/mol. The molecule has 0 aliphatic rings. The van der Waals surface area contributed by atoms with E-state index in [0.717, 1.165) is 10.6 Å². The maximum atomic E-state index is 12.9. The number of hydrogen-bond donors (Lipinski definition) is 1. The lowest BCUT2D eigenvalue weighted by Crippen LogP contribution is -2.24. The van der Waals surface area contributed by atoms with E-state index >= 15 is 0 Å². The summed E-state index contributed by atoms with van der Waals surface area (Å²) in [4.78, 5) is 16.5. The van der Waals surface area contributed by atoms with E-state index in [1.807, 2.05) is 30.3 Å². The number of alkyl halides is 6. The molecule has 0 fully saturated rings. The average Bonchev–Trinajstić information content (AvgIpc) is 3.12. The third kappa shape index (κ3) is 5.59. The van der Waals surface area contributed by atoms with Crippen LogP contribution in [-0.2, 0) is 25.3 Å². The Balaban J connectivity index is 1.72. The van der Waals surface area contributed by atoms with Gasteiger partial charge in [-0.1, -0.05) is 30.3 Å². The molecule has 3 rings (SSSR count). The minimum atomic E-state index is -5.02. The fourth-order valence-corrected chi connectivity index (χ4v) is 3.47.